The Balaban J connectivity index is 1.51. The van der Waals surface area contributed by atoms with Crippen LogP contribution >= 0.6 is 0 Å². The van der Waals surface area contributed by atoms with Crippen LogP contribution in [0.1, 0.15) is 12.8 Å². The first-order valence-electron chi connectivity index (χ1n) is 8.39. The van der Waals surface area contributed by atoms with Crippen LogP contribution < -0.4 is 4.90 Å². The molecule has 1 aliphatic rings. The summed E-state index contributed by atoms with van der Waals surface area (Å²) in [5.41, 5.74) is 1.54. The first-order chi connectivity index (χ1) is 12.7. The Kier molecular flexibility index (Phi) is 4.30. The van der Waals surface area contributed by atoms with E-state index in [9.17, 15) is 9.90 Å². The number of carboxylic acid groups (broad SMARTS) is 1. The number of hydrogen-bond acceptors (Lipinski definition) is 7. The number of nitrogens with zero attached hydrogens (tertiary/aromatic N) is 5. The highest BCUT2D eigenvalue weighted by molar-refractivity contribution is 5.71. The van der Waals surface area contributed by atoms with Gasteiger partial charge in [0, 0.05) is 37.2 Å². The average molecular weight is 351 g/mol. The van der Waals surface area contributed by atoms with Crippen molar-refractivity contribution in [2.75, 3.05) is 18.0 Å². The van der Waals surface area contributed by atoms with Crippen LogP contribution in [0.15, 0.2) is 47.4 Å². The predicted octanol–water partition coefficient (Wildman–Crippen LogP) is 2.49. The van der Waals surface area contributed by atoms with Crippen LogP contribution in [0, 0.1) is 5.92 Å². The third kappa shape index (κ3) is 3.26. The van der Waals surface area contributed by atoms with Crippen molar-refractivity contribution in [3.8, 4) is 22.8 Å². The number of aliphatic carboxylic acids is 1. The van der Waals surface area contributed by atoms with E-state index in [1.807, 2.05) is 29.2 Å². The minimum Gasteiger partial charge on any atom is -0.481 e. The van der Waals surface area contributed by atoms with Gasteiger partial charge >= 0.3 is 5.97 Å². The Morgan fingerprint density at radius 3 is 2.77 bits per heavy atom. The summed E-state index contributed by atoms with van der Waals surface area (Å²) < 4.78 is 5.33. The lowest BCUT2D eigenvalue weighted by Crippen LogP contribution is -2.39. The third-order valence-corrected chi connectivity index (χ3v) is 4.45. The van der Waals surface area contributed by atoms with E-state index in [2.05, 4.69) is 20.1 Å². The van der Waals surface area contributed by atoms with Gasteiger partial charge in [-0.3, -0.25) is 9.78 Å². The molecular formula is C18H17N5O3. The number of carboxylic acids is 1. The van der Waals surface area contributed by atoms with Crippen molar-refractivity contribution in [1.29, 1.82) is 0 Å². The Morgan fingerprint density at radius 2 is 2.04 bits per heavy atom. The van der Waals surface area contributed by atoms with Gasteiger partial charge in [0.25, 0.3) is 5.89 Å². The highest BCUT2D eigenvalue weighted by Crippen LogP contribution is 2.25. The maximum absolute atomic E-state index is 11.2. The lowest BCUT2D eigenvalue weighted by molar-refractivity contribution is -0.141. The van der Waals surface area contributed by atoms with Crippen molar-refractivity contribution in [3.63, 3.8) is 0 Å². The second-order valence-electron chi connectivity index (χ2n) is 6.19. The molecule has 1 aliphatic heterocycles. The molecule has 3 aromatic heterocycles. The fourth-order valence-corrected chi connectivity index (χ4v) is 3.05. The molecule has 3 aromatic rings. The van der Waals surface area contributed by atoms with E-state index in [1.165, 1.54) is 0 Å². The summed E-state index contributed by atoms with van der Waals surface area (Å²) in [5.74, 6) is 0.545. The van der Waals surface area contributed by atoms with E-state index in [1.54, 1.807) is 18.6 Å². The van der Waals surface area contributed by atoms with Crippen molar-refractivity contribution in [2.24, 2.45) is 5.92 Å². The van der Waals surface area contributed by atoms with E-state index < -0.39 is 5.97 Å². The topological polar surface area (TPSA) is 105 Å². The second-order valence-corrected chi connectivity index (χ2v) is 6.19. The summed E-state index contributed by atoms with van der Waals surface area (Å²) in [4.78, 5) is 26.0. The molecule has 4 rings (SSSR count). The van der Waals surface area contributed by atoms with E-state index in [0.717, 1.165) is 24.3 Å². The lowest BCUT2D eigenvalue weighted by atomic mass is 9.98. The highest BCUT2D eigenvalue weighted by Gasteiger charge is 2.26. The molecule has 1 N–H and O–H groups in total. The molecule has 1 fully saturated rings. The SMILES string of the molecule is O=C(O)C1CCCN(c2ccc(-c3nc(-c4ccncc4)no3)cn2)C1. The summed E-state index contributed by atoms with van der Waals surface area (Å²) in [6.07, 6.45) is 6.57. The molecule has 132 valence electrons. The molecule has 1 unspecified atom stereocenters. The van der Waals surface area contributed by atoms with Crippen molar-refractivity contribution >= 4 is 11.8 Å². The normalized spacial score (nSPS) is 17.2. The van der Waals surface area contributed by atoms with Crippen LogP contribution in [0.25, 0.3) is 22.8 Å². The molecule has 0 spiro atoms. The maximum Gasteiger partial charge on any atom is 0.308 e. The lowest BCUT2D eigenvalue weighted by Gasteiger charge is -2.31. The molecule has 8 heteroatoms. The molecule has 0 radical (unpaired) electrons. The Labute approximate surface area is 149 Å². The number of hydrogen-bond donors (Lipinski definition) is 1. The summed E-state index contributed by atoms with van der Waals surface area (Å²) in [6, 6.07) is 7.34. The quantitative estimate of drug-likeness (QED) is 0.764. The van der Waals surface area contributed by atoms with Crippen molar-refractivity contribution in [2.45, 2.75) is 12.8 Å². The fourth-order valence-electron chi connectivity index (χ4n) is 3.05. The molecule has 0 saturated carbocycles. The smallest absolute Gasteiger partial charge is 0.308 e. The summed E-state index contributed by atoms with van der Waals surface area (Å²) in [5, 5.41) is 13.2. The van der Waals surface area contributed by atoms with Crippen LogP contribution in [0.3, 0.4) is 0 Å². The molecule has 0 amide bonds. The summed E-state index contributed by atoms with van der Waals surface area (Å²) in [7, 11) is 0. The Morgan fingerprint density at radius 1 is 1.19 bits per heavy atom. The fraction of sp³-hybridized carbons (Fsp3) is 0.278. The van der Waals surface area contributed by atoms with Crippen molar-refractivity contribution in [1.82, 2.24) is 20.1 Å². The van der Waals surface area contributed by atoms with Gasteiger partial charge in [-0.25, -0.2) is 4.98 Å². The van der Waals surface area contributed by atoms with Crippen LogP contribution in [-0.4, -0.2) is 44.3 Å². The van der Waals surface area contributed by atoms with Gasteiger partial charge in [0.05, 0.1) is 11.5 Å². The summed E-state index contributed by atoms with van der Waals surface area (Å²) >= 11 is 0. The van der Waals surface area contributed by atoms with E-state index in [0.29, 0.717) is 30.2 Å². The maximum atomic E-state index is 11.2. The minimum atomic E-state index is -0.749. The van der Waals surface area contributed by atoms with Gasteiger partial charge in [-0.1, -0.05) is 5.16 Å². The standard InChI is InChI=1S/C18H17N5O3/c24-18(25)14-2-1-9-23(11-14)15-4-3-13(10-20-15)17-21-16(22-26-17)12-5-7-19-8-6-12/h3-8,10,14H,1-2,9,11H2,(H,24,25). The molecule has 8 nitrogen and oxygen atoms in total. The van der Waals surface area contributed by atoms with Gasteiger partial charge in [-0.05, 0) is 37.1 Å². The molecular weight excluding hydrogens is 334 g/mol. The van der Waals surface area contributed by atoms with Gasteiger partial charge in [-0.15, -0.1) is 0 Å². The number of anilines is 1. The zero-order chi connectivity index (χ0) is 17.9. The number of piperidine rings is 1. The zero-order valence-corrected chi connectivity index (χ0v) is 13.9. The molecule has 4 heterocycles. The van der Waals surface area contributed by atoms with Crippen molar-refractivity contribution < 1.29 is 14.4 Å². The van der Waals surface area contributed by atoms with Gasteiger partial charge in [0.15, 0.2) is 0 Å². The van der Waals surface area contributed by atoms with Crippen molar-refractivity contribution in [3.05, 3.63) is 42.9 Å². The van der Waals surface area contributed by atoms with Crippen LogP contribution in [0.2, 0.25) is 0 Å². The van der Waals surface area contributed by atoms with E-state index in [-0.39, 0.29) is 5.92 Å². The Hall–Kier alpha value is -3.29. The minimum absolute atomic E-state index is 0.343. The van der Waals surface area contributed by atoms with E-state index >= 15 is 0 Å². The number of carbonyl (C=O) groups is 1. The number of aromatic nitrogens is 4. The van der Waals surface area contributed by atoms with Gasteiger partial charge in [-0.2, -0.15) is 4.98 Å². The molecule has 1 saturated heterocycles. The molecule has 26 heavy (non-hydrogen) atoms. The number of pyridine rings is 2. The summed E-state index contributed by atoms with van der Waals surface area (Å²) in [6.45, 7) is 1.29. The molecule has 0 aromatic carbocycles. The van der Waals surface area contributed by atoms with E-state index in [4.69, 9.17) is 4.52 Å². The van der Waals surface area contributed by atoms with Gasteiger partial charge in [0.1, 0.15) is 5.82 Å². The molecule has 0 bridgehead atoms. The van der Waals surface area contributed by atoms with Gasteiger partial charge < -0.3 is 14.5 Å². The van der Waals surface area contributed by atoms with Crippen LogP contribution in [-0.2, 0) is 4.79 Å². The van der Waals surface area contributed by atoms with Gasteiger partial charge in [0.2, 0.25) is 5.82 Å². The second kappa shape index (κ2) is 6.91. The Bertz CT molecular complexity index is 895. The highest BCUT2D eigenvalue weighted by atomic mass is 16.5. The first-order valence-corrected chi connectivity index (χ1v) is 8.39. The van der Waals surface area contributed by atoms with Crippen LogP contribution in [0.4, 0.5) is 5.82 Å². The zero-order valence-electron chi connectivity index (χ0n) is 13.9. The molecule has 1 atom stereocenters. The monoisotopic (exact) mass is 351 g/mol. The largest absolute Gasteiger partial charge is 0.481 e. The predicted molar refractivity (Wildman–Crippen MR) is 93.3 cm³/mol. The average Bonchev–Trinajstić information content (AvgIpc) is 3.19. The molecule has 0 aliphatic carbocycles. The number of rotatable bonds is 4. The first kappa shape index (κ1) is 16.2. The third-order valence-electron chi connectivity index (χ3n) is 4.45. The van der Waals surface area contributed by atoms with Crippen LogP contribution in [0.5, 0.6) is 0 Å².